The number of carbonyl (C=O) groups excluding carboxylic acids is 2. The maximum atomic E-state index is 12.7. The van der Waals surface area contributed by atoms with Gasteiger partial charge in [-0.3, -0.25) is 9.59 Å². The molecule has 1 aliphatic carbocycles. The topological polar surface area (TPSA) is 49.4 Å². The summed E-state index contributed by atoms with van der Waals surface area (Å²) in [5.74, 6) is 0.0992. The second kappa shape index (κ2) is 5.18. The summed E-state index contributed by atoms with van der Waals surface area (Å²) in [6.45, 7) is 2.21. The van der Waals surface area contributed by atoms with Crippen molar-refractivity contribution in [2.75, 3.05) is 6.54 Å². The number of hydrogen-bond donors (Lipinski definition) is 1. The van der Waals surface area contributed by atoms with Crippen LogP contribution in [0, 0.1) is 5.92 Å². The molecule has 1 atom stereocenters. The van der Waals surface area contributed by atoms with E-state index in [1.165, 1.54) is 0 Å². The molecule has 2 aliphatic rings. The fourth-order valence-electron chi connectivity index (χ4n) is 2.88. The van der Waals surface area contributed by atoms with Crippen molar-refractivity contribution in [3.63, 3.8) is 0 Å². The molecule has 0 bridgehead atoms. The van der Waals surface area contributed by atoms with Crippen LogP contribution in [-0.4, -0.2) is 28.8 Å². The number of rotatable bonds is 3. The molecule has 21 heavy (non-hydrogen) atoms. The van der Waals surface area contributed by atoms with Gasteiger partial charge in [-0.05, 0) is 43.4 Å². The molecule has 1 aliphatic heterocycles. The molecular formula is C15H16Cl2N2O2. The van der Waals surface area contributed by atoms with Crippen LogP contribution in [0.4, 0.5) is 0 Å². The molecule has 112 valence electrons. The van der Waals surface area contributed by atoms with Crippen molar-refractivity contribution in [3.05, 3.63) is 33.8 Å². The predicted molar refractivity (Wildman–Crippen MR) is 81.2 cm³/mol. The zero-order valence-corrected chi connectivity index (χ0v) is 13.2. The van der Waals surface area contributed by atoms with Gasteiger partial charge in [-0.1, -0.05) is 29.3 Å². The Bertz CT molecular complexity index is 616. The van der Waals surface area contributed by atoms with Gasteiger partial charge in [0, 0.05) is 16.6 Å². The van der Waals surface area contributed by atoms with Crippen molar-refractivity contribution in [1.82, 2.24) is 10.2 Å². The summed E-state index contributed by atoms with van der Waals surface area (Å²) in [7, 11) is 0. The van der Waals surface area contributed by atoms with Gasteiger partial charge in [0.1, 0.15) is 5.54 Å². The van der Waals surface area contributed by atoms with Crippen LogP contribution in [0.15, 0.2) is 18.2 Å². The molecule has 0 spiro atoms. The Morgan fingerprint density at radius 2 is 2.05 bits per heavy atom. The van der Waals surface area contributed by atoms with Gasteiger partial charge in [0.15, 0.2) is 0 Å². The first-order chi connectivity index (χ1) is 9.90. The summed E-state index contributed by atoms with van der Waals surface area (Å²) in [4.78, 5) is 26.2. The molecule has 1 N–H and O–H groups in total. The van der Waals surface area contributed by atoms with Crippen molar-refractivity contribution >= 4 is 35.0 Å². The number of amides is 2. The number of benzene rings is 1. The lowest BCUT2D eigenvalue weighted by molar-refractivity contribution is -0.150. The van der Waals surface area contributed by atoms with Gasteiger partial charge in [0.25, 0.3) is 0 Å². The summed E-state index contributed by atoms with van der Waals surface area (Å²) in [6, 6.07) is 5.17. The molecule has 6 heteroatoms. The molecule has 1 aromatic rings. The molecule has 2 fully saturated rings. The van der Waals surface area contributed by atoms with Crippen molar-refractivity contribution in [2.24, 2.45) is 5.92 Å². The highest BCUT2D eigenvalue weighted by atomic mass is 35.5. The first-order valence-corrected chi connectivity index (χ1v) is 7.70. The third-order valence-electron chi connectivity index (χ3n) is 4.24. The summed E-state index contributed by atoms with van der Waals surface area (Å²) in [5, 5.41) is 3.92. The van der Waals surface area contributed by atoms with Crippen LogP contribution < -0.4 is 5.32 Å². The molecule has 3 rings (SSSR count). The highest BCUT2D eigenvalue weighted by Gasteiger charge is 2.52. The van der Waals surface area contributed by atoms with E-state index in [1.54, 1.807) is 23.1 Å². The molecular weight excluding hydrogens is 311 g/mol. The van der Waals surface area contributed by atoms with E-state index in [2.05, 4.69) is 5.32 Å². The second-order valence-corrected chi connectivity index (χ2v) is 6.77. The quantitative estimate of drug-likeness (QED) is 0.928. The standard InChI is InChI=1S/C15H16Cl2N2O2/c1-15(10-3-4-10)14(21)19(8-13(20)18-15)7-9-2-5-11(16)6-12(9)17/h2,5-6,10H,3-4,7-8H2,1H3,(H,18,20). The van der Waals surface area contributed by atoms with Crippen LogP contribution in [-0.2, 0) is 16.1 Å². The van der Waals surface area contributed by atoms with Gasteiger partial charge in [-0.25, -0.2) is 0 Å². The average Bonchev–Trinajstić information content (AvgIpc) is 3.23. The van der Waals surface area contributed by atoms with Crippen molar-refractivity contribution in [1.29, 1.82) is 0 Å². The number of hydrogen-bond acceptors (Lipinski definition) is 2. The van der Waals surface area contributed by atoms with E-state index in [9.17, 15) is 9.59 Å². The number of piperazine rings is 1. The highest BCUT2D eigenvalue weighted by Crippen LogP contribution is 2.41. The molecule has 4 nitrogen and oxygen atoms in total. The minimum absolute atomic E-state index is 0.0318. The van der Waals surface area contributed by atoms with Gasteiger partial charge < -0.3 is 10.2 Å². The van der Waals surface area contributed by atoms with Gasteiger partial charge in [0.2, 0.25) is 11.8 Å². The first kappa shape index (κ1) is 14.7. The zero-order valence-electron chi connectivity index (χ0n) is 11.7. The second-order valence-electron chi connectivity index (χ2n) is 5.92. The molecule has 1 unspecified atom stereocenters. The monoisotopic (exact) mass is 326 g/mol. The molecule has 2 amide bonds. The van der Waals surface area contributed by atoms with E-state index in [0.717, 1.165) is 18.4 Å². The lowest BCUT2D eigenvalue weighted by Crippen LogP contribution is -2.66. The molecule has 0 radical (unpaired) electrons. The Kier molecular flexibility index (Phi) is 3.62. The fraction of sp³-hybridized carbons (Fsp3) is 0.467. The minimum atomic E-state index is -0.770. The van der Waals surface area contributed by atoms with Gasteiger partial charge in [-0.15, -0.1) is 0 Å². The maximum absolute atomic E-state index is 12.7. The van der Waals surface area contributed by atoms with E-state index < -0.39 is 5.54 Å². The number of nitrogens with one attached hydrogen (secondary N) is 1. The van der Waals surface area contributed by atoms with E-state index in [4.69, 9.17) is 23.2 Å². The fourth-order valence-corrected chi connectivity index (χ4v) is 3.35. The van der Waals surface area contributed by atoms with Gasteiger partial charge in [-0.2, -0.15) is 0 Å². The SMILES string of the molecule is CC1(C2CC2)NC(=O)CN(Cc2ccc(Cl)cc2Cl)C1=O. The van der Waals surface area contributed by atoms with E-state index in [1.807, 2.05) is 6.92 Å². The average molecular weight is 327 g/mol. The number of nitrogens with zero attached hydrogens (tertiary/aromatic N) is 1. The number of carbonyl (C=O) groups is 2. The van der Waals surface area contributed by atoms with E-state index in [-0.39, 0.29) is 24.3 Å². The lowest BCUT2D eigenvalue weighted by atomic mass is 9.91. The predicted octanol–water partition coefficient (Wildman–Crippen LogP) is 2.62. The van der Waals surface area contributed by atoms with E-state index in [0.29, 0.717) is 16.6 Å². The molecule has 1 saturated heterocycles. The van der Waals surface area contributed by atoms with Crippen molar-refractivity contribution in [3.8, 4) is 0 Å². The first-order valence-electron chi connectivity index (χ1n) is 6.94. The van der Waals surface area contributed by atoms with Gasteiger partial charge in [0.05, 0.1) is 6.54 Å². The van der Waals surface area contributed by atoms with E-state index >= 15 is 0 Å². The summed E-state index contributed by atoms with van der Waals surface area (Å²) in [5.41, 5.74) is 0.0242. The van der Waals surface area contributed by atoms with Crippen LogP contribution in [0.1, 0.15) is 25.3 Å². The Balaban J connectivity index is 1.83. The van der Waals surface area contributed by atoms with Gasteiger partial charge >= 0.3 is 0 Å². The molecule has 1 heterocycles. The van der Waals surface area contributed by atoms with Crippen LogP contribution in [0.2, 0.25) is 10.0 Å². The Morgan fingerprint density at radius 3 is 2.67 bits per heavy atom. The third kappa shape index (κ3) is 2.74. The third-order valence-corrected chi connectivity index (χ3v) is 4.82. The Labute approximate surface area is 133 Å². The summed E-state index contributed by atoms with van der Waals surface area (Å²) in [6.07, 6.45) is 1.97. The summed E-state index contributed by atoms with van der Waals surface area (Å²) < 4.78 is 0. The van der Waals surface area contributed by atoms with Crippen LogP contribution in [0.25, 0.3) is 0 Å². The largest absolute Gasteiger partial charge is 0.340 e. The molecule has 1 saturated carbocycles. The molecule has 0 aromatic heterocycles. The normalized spacial score (nSPS) is 26.0. The Hall–Kier alpha value is -1.26. The molecule has 1 aromatic carbocycles. The minimum Gasteiger partial charge on any atom is -0.340 e. The lowest BCUT2D eigenvalue weighted by Gasteiger charge is -2.40. The maximum Gasteiger partial charge on any atom is 0.249 e. The highest BCUT2D eigenvalue weighted by molar-refractivity contribution is 6.35. The van der Waals surface area contributed by atoms with Crippen molar-refractivity contribution in [2.45, 2.75) is 31.8 Å². The van der Waals surface area contributed by atoms with Crippen LogP contribution >= 0.6 is 23.2 Å². The summed E-state index contributed by atoms with van der Waals surface area (Å²) >= 11 is 12.0. The smallest absolute Gasteiger partial charge is 0.249 e. The zero-order chi connectivity index (χ0) is 15.2. The van der Waals surface area contributed by atoms with Crippen LogP contribution in [0.3, 0.4) is 0 Å². The van der Waals surface area contributed by atoms with Crippen LogP contribution in [0.5, 0.6) is 0 Å². The van der Waals surface area contributed by atoms with Crippen molar-refractivity contribution < 1.29 is 9.59 Å². The Morgan fingerprint density at radius 1 is 1.33 bits per heavy atom. The number of halogens is 2.